The zero-order chi connectivity index (χ0) is 22.4. The average molecular weight is 420 g/mol. The lowest BCUT2D eigenvalue weighted by atomic mass is 9.96. The molecule has 1 aromatic carbocycles. The summed E-state index contributed by atoms with van der Waals surface area (Å²) in [4.78, 5) is 47.6. The van der Waals surface area contributed by atoms with E-state index in [2.05, 4.69) is 16.0 Å². The molecule has 0 heterocycles. The second-order valence-electron chi connectivity index (χ2n) is 7.26. The Morgan fingerprint density at radius 1 is 1.03 bits per heavy atom. The summed E-state index contributed by atoms with van der Waals surface area (Å²) in [6.45, 7) is 2.42. The van der Waals surface area contributed by atoms with Gasteiger partial charge in [0.1, 0.15) is 6.04 Å². The van der Waals surface area contributed by atoms with Crippen molar-refractivity contribution in [1.82, 2.24) is 16.0 Å². The molecule has 0 unspecified atom stereocenters. The van der Waals surface area contributed by atoms with Crippen LogP contribution in [0.1, 0.15) is 51.0 Å². The Labute approximate surface area is 177 Å². The number of hydrogen-bond acceptors (Lipinski definition) is 4. The van der Waals surface area contributed by atoms with Gasteiger partial charge in [-0.3, -0.25) is 19.2 Å². The Morgan fingerprint density at radius 2 is 1.73 bits per heavy atom. The van der Waals surface area contributed by atoms with E-state index in [1.807, 2.05) is 37.3 Å². The van der Waals surface area contributed by atoms with Gasteiger partial charge in [-0.15, -0.1) is 0 Å². The molecule has 0 fully saturated rings. The normalized spacial score (nSPS) is 12.5. The van der Waals surface area contributed by atoms with Crippen LogP contribution in [0.3, 0.4) is 0 Å². The molecule has 0 saturated heterocycles. The third-order valence-electron chi connectivity index (χ3n) is 4.73. The highest BCUT2D eigenvalue weighted by molar-refractivity contribution is 5.89. The van der Waals surface area contributed by atoms with Crippen LogP contribution in [-0.2, 0) is 25.6 Å². The van der Waals surface area contributed by atoms with Gasteiger partial charge in [0.2, 0.25) is 17.7 Å². The van der Waals surface area contributed by atoms with Crippen LogP contribution < -0.4 is 16.0 Å². The fourth-order valence-corrected chi connectivity index (χ4v) is 3.12. The fourth-order valence-electron chi connectivity index (χ4n) is 3.12. The molecule has 166 valence electrons. The van der Waals surface area contributed by atoms with Crippen molar-refractivity contribution >= 4 is 23.7 Å². The summed E-state index contributed by atoms with van der Waals surface area (Å²) in [5, 5.41) is 17.2. The van der Waals surface area contributed by atoms with Gasteiger partial charge in [-0.1, -0.05) is 43.7 Å². The molecule has 0 aliphatic carbocycles. The van der Waals surface area contributed by atoms with Gasteiger partial charge in [-0.05, 0) is 24.8 Å². The van der Waals surface area contributed by atoms with Crippen molar-refractivity contribution in [2.45, 2.75) is 57.9 Å². The molecule has 4 N–H and O–H groups in total. The fraction of sp³-hybridized carbons (Fsp3) is 0.545. The van der Waals surface area contributed by atoms with E-state index in [0.29, 0.717) is 38.6 Å². The second kappa shape index (κ2) is 14.1. The summed E-state index contributed by atoms with van der Waals surface area (Å²) in [7, 11) is 1.49. The van der Waals surface area contributed by atoms with Crippen LogP contribution in [0.5, 0.6) is 0 Å². The Bertz CT molecular complexity index is 693. The molecule has 0 bridgehead atoms. The van der Waals surface area contributed by atoms with Crippen molar-refractivity contribution in [2.24, 2.45) is 5.92 Å². The highest BCUT2D eigenvalue weighted by atomic mass is 16.4. The number of carboxylic acids is 1. The third kappa shape index (κ3) is 10.0. The molecular weight excluding hydrogens is 386 g/mol. The van der Waals surface area contributed by atoms with E-state index in [4.69, 9.17) is 0 Å². The molecule has 8 heteroatoms. The highest BCUT2D eigenvalue weighted by Gasteiger charge is 2.26. The smallest absolute Gasteiger partial charge is 0.304 e. The predicted octanol–water partition coefficient (Wildman–Crippen LogP) is 1.64. The van der Waals surface area contributed by atoms with Crippen LogP contribution >= 0.6 is 0 Å². The van der Waals surface area contributed by atoms with Crippen LogP contribution in [0.2, 0.25) is 0 Å². The molecule has 0 spiro atoms. The van der Waals surface area contributed by atoms with Gasteiger partial charge in [-0.2, -0.15) is 0 Å². The van der Waals surface area contributed by atoms with Gasteiger partial charge in [0.25, 0.3) is 0 Å². The van der Waals surface area contributed by atoms with Gasteiger partial charge in [0, 0.05) is 32.4 Å². The topological polar surface area (TPSA) is 125 Å². The van der Waals surface area contributed by atoms with Crippen molar-refractivity contribution in [2.75, 3.05) is 13.6 Å². The number of likely N-dealkylation sites (N-methyl/N-ethyl adjacent to an activating group) is 1. The molecule has 0 radical (unpaired) electrons. The largest absolute Gasteiger partial charge is 0.481 e. The zero-order valence-electron chi connectivity index (χ0n) is 17.8. The number of benzene rings is 1. The SMILES string of the molecule is CCCC(=O)NCCCC[C@H](CC(=O)O)C(=O)N[C@@H](Cc1ccccc1)C(=O)NC. The van der Waals surface area contributed by atoms with Gasteiger partial charge in [0.15, 0.2) is 0 Å². The highest BCUT2D eigenvalue weighted by Crippen LogP contribution is 2.14. The first kappa shape index (κ1) is 25.1. The van der Waals surface area contributed by atoms with Gasteiger partial charge in [0.05, 0.1) is 6.42 Å². The lowest BCUT2D eigenvalue weighted by molar-refractivity contribution is -0.141. The Balaban J connectivity index is 2.64. The van der Waals surface area contributed by atoms with E-state index < -0.39 is 23.8 Å². The van der Waals surface area contributed by atoms with Crippen LogP contribution in [0.25, 0.3) is 0 Å². The minimum Gasteiger partial charge on any atom is -0.481 e. The summed E-state index contributed by atoms with van der Waals surface area (Å²) in [5.41, 5.74) is 0.893. The molecule has 0 aromatic heterocycles. The minimum absolute atomic E-state index is 0.00772. The van der Waals surface area contributed by atoms with Crippen LogP contribution in [0.15, 0.2) is 30.3 Å². The number of carbonyl (C=O) groups is 4. The number of nitrogens with one attached hydrogen (secondary N) is 3. The third-order valence-corrected chi connectivity index (χ3v) is 4.73. The zero-order valence-corrected chi connectivity index (χ0v) is 17.8. The number of hydrogen-bond donors (Lipinski definition) is 4. The molecule has 30 heavy (non-hydrogen) atoms. The lowest BCUT2D eigenvalue weighted by Crippen LogP contribution is -2.49. The molecule has 0 aliphatic heterocycles. The number of carboxylic acid groups (broad SMARTS) is 1. The molecular formula is C22H33N3O5. The molecule has 3 amide bonds. The first-order valence-corrected chi connectivity index (χ1v) is 10.4. The van der Waals surface area contributed by atoms with Crippen LogP contribution in [-0.4, -0.2) is 48.4 Å². The molecule has 1 rings (SSSR count). The predicted molar refractivity (Wildman–Crippen MR) is 114 cm³/mol. The first-order chi connectivity index (χ1) is 14.4. The van der Waals surface area contributed by atoms with Crippen molar-refractivity contribution in [1.29, 1.82) is 0 Å². The van der Waals surface area contributed by atoms with Crippen LogP contribution in [0.4, 0.5) is 0 Å². The van der Waals surface area contributed by atoms with E-state index in [0.717, 1.165) is 12.0 Å². The van der Waals surface area contributed by atoms with Crippen molar-refractivity contribution < 1.29 is 24.3 Å². The maximum Gasteiger partial charge on any atom is 0.304 e. The van der Waals surface area contributed by atoms with E-state index in [1.165, 1.54) is 7.05 Å². The van der Waals surface area contributed by atoms with E-state index >= 15 is 0 Å². The summed E-state index contributed by atoms with van der Waals surface area (Å²) >= 11 is 0. The maximum atomic E-state index is 12.7. The summed E-state index contributed by atoms with van der Waals surface area (Å²) in [5.74, 6) is -2.59. The summed E-state index contributed by atoms with van der Waals surface area (Å²) < 4.78 is 0. The molecule has 0 aliphatic rings. The summed E-state index contributed by atoms with van der Waals surface area (Å²) in [6, 6.07) is 8.52. The second-order valence-corrected chi connectivity index (χ2v) is 7.26. The van der Waals surface area contributed by atoms with Crippen molar-refractivity contribution in [3.63, 3.8) is 0 Å². The van der Waals surface area contributed by atoms with Gasteiger partial charge < -0.3 is 21.1 Å². The van der Waals surface area contributed by atoms with Crippen LogP contribution in [0, 0.1) is 5.92 Å². The number of amides is 3. The van der Waals surface area contributed by atoms with Crippen molar-refractivity contribution in [3.05, 3.63) is 35.9 Å². The van der Waals surface area contributed by atoms with Gasteiger partial charge >= 0.3 is 5.97 Å². The van der Waals surface area contributed by atoms with E-state index in [9.17, 15) is 24.3 Å². The molecule has 0 saturated carbocycles. The van der Waals surface area contributed by atoms with Gasteiger partial charge in [-0.25, -0.2) is 0 Å². The van der Waals surface area contributed by atoms with E-state index in [1.54, 1.807) is 0 Å². The number of carbonyl (C=O) groups excluding carboxylic acids is 3. The Hall–Kier alpha value is -2.90. The van der Waals surface area contributed by atoms with E-state index in [-0.39, 0.29) is 18.2 Å². The first-order valence-electron chi connectivity index (χ1n) is 10.4. The molecule has 8 nitrogen and oxygen atoms in total. The Kier molecular flexibility index (Phi) is 11.8. The van der Waals surface area contributed by atoms with Crippen molar-refractivity contribution in [3.8, 4) is 0 Å². The Morgan fingerprint density at radius 3 is 2.33 bits per heavy atom. The number of aliphatic carboxylic acids is 1. The maximum absolute atomic E-state index is 12.7. The molecule has 1 aromatic rings. The quantitative estimate of drug-likeness (QED) is 0.341. The average Bonchev–Trinajstić information content (AvgIpc) is 2.72. The summed E-state index contributed by atoms with van der Waals surface area (Å²) in [6.07, 6.45) is 2.89. The monoisotopic (exact) mass is 419 g/mol. The lowest BCUT2D eigenvalue weighted by Gasteiger charge is -2.21. The molecule has 2 atom stereocenters. The standard InChI is InChI=1S/C22H33N3O5/c1-3-9-19(26)24-13-8-7-12-17(15-20(27)28)21(29)25-18(22(30)23-2)14-16-10-5-4-6-11-16/h4-6,10-11,17-18H,3,7-9,12-15H2,1-2H3,(H,23,30)(H,24,26)(H,25,29)(H,27,28)/t17-,18+/m1/s1. The number of unbranched alkanes of at least 4 members (excludes halogenated alkanes) is 1. The number of rotatable bonds is 14. The minimum atomic E-state index is -1.06.